The van der Waals surface area contributed by atoms with E-state index in [4.69, 9.17) is 4.74 Å². The summed E-state index contributed by atoms with van der Waals surface area (Å²) in [5.74, 6) is -0.402. The summed E-state index contributed by atoms with van der Waals surface area (Å²) in [6, 6.07) is -1.86. The number of carbonyl (C=O) groups is 4. The molecule has 1 N–H and O–H groups in total. The zero-order valence-corrected chi connectivity index (χ0v) is 26.8. The van der Waals surface area contributed by atoms with Gasteiger partial charge in [0.1, 0.15) is 12.1 Å². The van der Waals surface area contributed by atoms with Crippen molar-refractivity contribution in [3.63, 3.8) is 0 Å². The number of esters is 1. The SMILES string of the molecule is COC(=O)C1CCCCN1C(=O)C1CCCN1CC(C(C)C)N(C)C(=O)C(NC(=O)C1CCCCN1C)C(C)(C)C. The van der Waals surface area contributed by atoms with Gasteiger partial charge in [0.25, 0.3) is 0 Å². The van der Waals surface area contributed by atoms with E-state index < -0.39 is 17.5 Å². The molecule has 3 aliphatic heterocycles. The number of nitrogens with one attached hydrogen (secondary N) is 1. The van der Waals surface area contributed by atoms with Crippen LogP contribution in [-0.2, 0) is 23.9 Å². The number of amides is 3. The highest BCUT2D eigenvalue weighted by Crippen LogP contribution is 2.28. The average molecular weight is 578 g/mol. The van der Waals surface area contributed by atoms with Crippen LogP contribution in [0.2, 0.25) is 0 Å². The van der Waals surface area contributed by atoms with Crippen molar-refractivity contribution in [3.05, 3.63) is 0 Å². The second kappa shape index (κ2) is 14.3. The zero-order chi connectivity index (χ0) is 30.5. The highest BCUT2D eigenvalue weighted by Gasteiger charge is 2.43. The minimum Gasteiger partial charge on any atom is -0.467 e. The molecule has 3 amide bonds. The smallest absolute Gasteiger partial charge is 0.328 e. The van der Waals surface area contributed by atoms with Crippen molar-refractivity contribution < 1.29 is 23.9 Å². The molecule has 0 aliphatic carbocycles. The van der Waals surface area contributed by atoms with Gasteiger partial charge in [-0.25, -0.2) is 4.79 Å². The Bertz CT molecular complexity index is 934. The molecule has 0 radical (unpaired) electrons. The van der Waals surface area contributed by atoms with Crippen LogP contribution in [0.15, 0.2) is 0 Å². The number of nitrogens with zero attached hydrogens (tertiary/aromatic N) is 4. The van der Waals surface area contributed by atoms with Crippen molar-refractivity contribution in [3.8, 4) is 0 Å². The molecule has 0 aromatic rings. The lowest BCUT2D eigenvalue weighted by molar-refractivity contribution is -0.156. The molecule has 10 heteroatoms. The summed E-state index contributed by atoms with van der Waals surface area (Å²) >= 11 is 0. The maximum Gasteiger partial charge on any atom is 0.328 e. The summed E-state index contributed by atoms with van der Waals surface area (Å²) in [5.41, 5.74) is -0.473. The Labute approximate surface area is 247 Å². The first kappa shape index (κ1) is 33.3. The fourth-order valence-corrected chi connectivity index (χ4v) is 6.77. The number of rotatable bonds is 9. The lowest BCUT2D eigenvalue weighted by Gasteiger charge is -2.42. The molecule has 3 saturated heterocycles. The van der Waals surface area contributed by atoms with Crippen LogP contribution in [0.3, 0.4) is 0 Å². The van der Waals surface area contributed by atoms with E-state index in [0.717, 1.165) is 58.0 Å². The summed E-state index contributed by atoms with van der Waals surface area (Å²) in [7, 11) is 5.18. The largest absolute Gasteiger partial charge is 0.467 e. The number of likely N-dealkylation sites (tertiary alicyclic amines) is 3. The molecule has 0 spiro atoms. The van der Waals surface area contributed by atoms with E-state index in [1.54, 1.807) is 9.80 Å². The molecule has 3 heterocycles. The number of hydrogen-bond donors (Lipinski definition) is 1. The zero-order valence-electron chi connectivity index (χ0n) is 26.8. The molecule has 0 bridgehead atoms. The molecule has 0 aromatic heterocycles. The number of likely N-dealkylation sites (N-methyl/N-ethyl adjacent to an activating group) is 2. The van der Waals surface area contributed by atoms with Crippen molar-refractivity contribution in [2.24, 2.45) is 11.3 Å². The average Bonchev–Trinajstić information content (AvgIpc) is 3.40. The number of piperidine rings is 2. The fourth-order valence-electron chi connectivity index (χ4n) is 6.77. The molecule has 0 aromatic carbocycles. The van der Waals surface area contributed by atoms with Crippen molar-refractivity contribution in [1.82, 2.24) is 24.9 Å². The van der Waals surface area contributed by atoms with Gasteiger partial charge in [0, 0.05) is 26.2 Å². The normalized spacial score (nSPS) is 26.0. The van der Waals surface area contributed by atoms with Crippen molar-refractivity contribution in [2.45, 2.75) is 116 Å². The van der Waals surface area contributed by atoms with E-state index in [1.165, 1.54) is 7.11 Å². The Hall–Kier alpha value is -2.20. The molecule has 3 aliphatic rings. The Balaban J connectivity index is 1.75. The lowest BCUT2D eigenvalue weighted by atomic mass is 9.84. The Morgan fingerprint density at radius 2 is 1.51 bits per heavy atom. The summed E-state index contributed by atoms with van der Waals surface area (Å²) in [5, 5.41) is 3.13. The molecular weight excluding hydrogens is 522 g/mol. The van der Waals surface area contributed by atoms with E-state index in [-0.39, 0.29) is 47.7 Å². The maximum atomic E-state index is 14.1. The predicted octanol–water partition coefficient (Wildman–Crippen LogP) is 2.50. The Morgan fingerprint density at radius 3 is 2.10 bits per heavy atom. The van der Waals surface area contributed by atoms with Crippen LogP contribution in [0, 0.1) is 11.3 Å². The van der Waals surface area contributed by atoms with Crippen LogP contribution >= 0.6 is 0 Å². The molecule has 10 nitrogen and oxygen atoms in total. The fraction of sp³-hybridized carbons (Fsp3) is 0.871. The molecular formula is C31H55N5O5. The van der Waals surface area contributed by atoms with Crippen LogP contribution < -0.4 is 5.32 Å². The molecule has 3 fully saturated rings. The number of hydrogen-bond acceptors (Lipinski definition) is 7. The number of ether oxygens (including phenoxy) is 1. The van der Waals surface area contributed by atoms with Gasteiger partial charge >= 0.3 is 5.97 Å². The molecule has 0 saturated carbocycles. The molecule has 5 unspecified atom stereocenters. The minimum absolute atomic E-state index is 0.00878. The van der Waals surface area contributed by atoms with Crippen molar-refractivity contribution in [2.75, 3.05) is 47.4 Å². The van der Waals surface area contributed by atoms with Crippen LogP contribution in [0.25, 0.3) is 0 Å². The van der Waals surface area contributed by atoms with E-state index in [2.05, 4.69) is 29.0 Å². The first-order valence-electron chi connectivity index (χ1n) is 15.7. The summed E-state index contributed by atoms with van der Waals surface area (Å²) in [6.45, 7) is 12.9. The van der Waals surface area contributed by atoms with Crippen LogP contribution in [-0.4, -0.2) is 121 Å². The van der Waals surface area contributed by atoms with Gasteiger partial charge in [0.05, 0.1) is 19.2 Å². The minimum atomic E-state index is -0.665. The van der Waals surface area contributed by atoms with Gasteiger partial charge in [-0.1, -0.05) is 41.0 Å². The summed E-state index contributed by atoms with van der Waals surface area (Å²) in [4.78, 5) is 61.4. The highest BCUT2D eigenvalue weighted by molar-refractivity contribution is 5.90. The first-order chi connectivity index (χ1) is 19.3. The van der Waals surface area contributed by atoms with Gasteiger partial charge in [-0.05, 0) is 76.4 Å². The first-order valence-corrected chi connectivity index (χ1v) is 15.7. The van der Waals surface area contributed by atoms with Crippen LogP contribution in [0.5, 0.6) is 0 Å². The molecule has 5 atom stereocenters. The third-order valence-corrected chi connectivity index (χ3v) is 9.42. The molecule has 234 valence electrons. The maximum absolute atomic E-state index is 14.1. The van der Waals surface area contributed by atoms with E-state index in [9.17, 15) is 19.2 Å². The van der Waals surface area contributed by atoms with Gasteiger partial charge in [-0.3, -0.25) is 24.2 Å². The van der Waals surface area contributed by atoms with Gasteiger partial charge in [0.2, 0.25) is 17.7 Å². The van der Waals surface area contributed by atoms with Crippen LogP contribution in [0.4, 0.5) is 0 Å². The monoisotopic (exact) mass is 577 g/mol. The third-order valence-electron chi connectivity index (χ3n) is 9.42. The third kappa shape index (κ3) is 8.00. The number of carbonyl (C=O) groups excluding carboxylic acids is 4. The van der Waals surface area contributed by atoms with E-state index in [1.807, 2.05) is 34.9 Å². The van der Waals surface area contributed by atoms with Gasteiger partial charge < -0.3 is 19.9 Å². The summed E-state index contributed by atoms with van der Waals surface area (Å²) < 4.78 is 5.01. The van der Waals surface area contributed by atoms with Crippen molar-refractivity contribution >= 4 is 23.7 Å². The molecule has 41 heavy (non-hydrogen) atoms. The molecule has 3 rings (SSSR count). The Kier molecular flexibility index (Phi) is 11.6. The van der Waals surface area contributed by atoms with E-state index >= 15 is 0 Å². The van der Waals surface area contributed by atoms with Crippen LogP contribution in [0.1, 0.15) is 86.0 Å². The number of methoxy groups -OCH3 is 1. The Morgan fingerprint density at radius 1 is 0.902 bits per heavy atom. The standard InChI is InChI=1S/C31H55N5O5/c1-21(2)25(20-35-18-13-16-23(35)28(38)36-19-12-10-15-24(36)30(40)41-8)34(7)29(39)26(31(3,4)5)32-27(37)22-14-9-11-17-33(22)6/h21-26H,9-20H2,1-8H3,(H,32,37). The van der Waals surface area contributed by atoms with Gasteiger partial charge in [-0.15, -0.1) is 0 Å². The summed E-state index contributed by atoms with van der Waals surface area (Å²) in [6.07, 6.45) is 6.95. The highest BCUT2D eigenvalue weighted by atomic mass is 16.5. The van der Waals surface area contributed by atoms with E-state index in [0.29, 0.717) is 19.5 Å². The lowest BCUT2D eigenvalue weighted by Crippen LogP contribution is -2.61. The second-order valence-electron chi connectivity index (χ2n) is 13.8. The quantitative estimate of drug-likeness (QED) is 0.420. The topological polar surface area (TPSA) is 102 Å². The second-order valence-corrected chi connectivity index (χ2v) is 13.8. The predicted molar refractivity (Wildman–Crippen MR) is 159 cm³/mol. The van der Waals surface area contributed by atoms with Gasteiger partial charge in [0.15, 0.2) is 0 Å². The van der Waals surface area contributed by atoms with Gasteiger partial charge in [-0.2, -0.15) is 0 Å². The van der Waals surface area contributed by atoms with Crippen molar-refractivity contribution in [1.29, 1.82) is 0 Å².